The van der Waals surface area contributed by atoms with Gasteiger partial charge in [0.2, 0.25) is 0 Å². The zero-order valence-electron chi connectivity index (χ0n) is 13.0. The first-order valence-corrected chi connectivity index (χ1v) is 10.4. The third-order valence-electron chi connectivity index (χ3n) is 4.25. The summed E-state index contributed by atoms with van der Waals surface area (Å²) in [5.74, 6) is 0. The molecule has 0 unspecified atom stereocenters. The normalized spacial score (nSPS) is 15.4. The average Bonchev–Trinajstić information content (AvgIpc) is 2.77. The molecule has 0 saturated carbocycles. The van der Waals surface area contributed by atoms with Crippen molar-refractivity contribution in [2.24, 2.45) is 0 Å². The molecule has 0 aromatic heterocycles. The van der Waals surface area contributed by atoms with Gasteiger partial charge in [0.05, 0.1) is 0 Å². The highest BCUT2D eigenvalue weighted by Gasteiger charge is 2.31. The van der Waals surface area contributed by atoms with Gasteiger partial charge in [0, 0.05) is 0 Å². The van der Waals surface area contributed by atoms with Crippen molar-refractivity contribution in [1.29, 1.82) is 0 Å². The molecule has 102 valence electrons. The number of hydrogen-bond donors (Lipinski definition) is 0. The molecular formula is C18H26Si. The predicted octanol–water partition coefficient (Wildman–Crippen LogP) is 4.81. The molecule has 2 rings (SSSR count). The number of rotatable bonds is 4. The van der Waals surface area contributed by atoms with E-state index in [4.69, 9.17) is 0 Å². The van der Waals surface area contributed by atoms with E-state index in [2.05, 4.69) is 64.2 Å². The third-order valence-corrected chi connectivity index (χ3v) is 8.01. The van der Waals surface area contributed by atoms with Gasteiger partial charge in [0.15, 0.2) is 0 Å². The fourth-order valence-electron chi connectivity index (χ4n) is 3.22. The molecule has 0 atom stereocenters. The first-order valence-electron chi connectivity index (χ1n) is 7.43. The van der Waals surface area contributed by atoms with Crippen LogP contribution in [0.1, 0.15) is 37.3 Å². The molecule has 0 amide bonds. The van der Waals surface area contributed by atoms with Crippen LogP contribution < -0.4 is 5.19 Å². The number of allylic oxidation sites excluding steroid dienone is 4. The van der Waals surface area contributed by atoms with Crippen molar-refractivity contribution >= 4 is 13.3 Å². The topological polar surface area (TPSA) is 0 Å². The molecule has 0 fully saturated rings. The maximum Gasteiger partial charge on any atom is 0.108 e. The molecule has 0 heterocycles. The second kappa shape index (κ2) is 5.50. The van der Waals surface area contributed by atoms with E-state index in [1.807, 2.05) is 0 Å². The standard InChI is InChI=1S/C18H26Si/c1-6-8-16-9-7-10-18(16)19(4,5)17-12-14(2)11-15(3)13-17/h7,9,11-13H,6,8,10H2,1-5H3. The summed E-state index contributed by atoms with van der Waals surface area (Å²) in [5.41, 5.74) is 4.43. The maximum atomic E-state index is 2.51. The molecule has 0 aliphatic heterocycles. The molecule has 0 spiro atoms. The highest BCUT2D eigenvalue weighted by atomic mass is 28.3. The van der Waals surface area contributed by atoms with Gasteiger partial charge in [-0.25, -0.2) is 0 Å². The summed E-state index contributed by atoms with van der Waals surface area (Å²) in [7, 11) is -1.49. The quantitative estimate of drug-likeness (QED) is 0.688. The lowest BCUT2D eigenvalue weighted by Crippen LogP contribution is -2.44. The van der Waals surface area contributed by atoms with E-state index in [1.165, 1.54) is 30.4 Å². The zero-order valence-corrected chi connectivity index (χ0v) is 14.0. The first kappa shape index (κ1) is 14.3. The summed E-state index contributed by atoms with van der Waals surface area (Å²) < 4.78 is 0. The van der Waals surface area contributed by atoms with Crippen molar-refractivity contribution in [3.8, 4) is 0 Å². The Morgan fingerprint density at radius 3 is 2.26 bits per heavy atom. The van der Waals surface area contributed by atoms with E-state index in [1.54, 1.807) is 16.0 Å². The first-order chi connectivity index (χ1) is 8.95. The Morgan fingerprint density at radius 2 is 1.68 bits per heavy atom. The van der Waals surface area contributed by atoms with Crippen LogP contribution in [0.15, 0.2) is 41.1 Å². The van der Waals surface area contributed by atoms with Gasteiger partial charge in [-0.1, -0.05) is 83.9 Å². The van der Waals surface area contributed by atoms with Crippen molar-refractivity contribution in [1.82, 2.24) is 0 Å². The summed E-state index contributed by atoms with van der Waals surface area (Å²) >= 11 is 0. The van der Waals surface area contributed by atoms with E-state index in [9.17, 15) is 0 Å². The van der Waals surface area contributed by atoms with Crippen LogP contribution in [-0.4, -0.2) is 8.07 Å². The van der Waals surface area contributed by atoms with Crippen molar-refractivity contribution < 1.29 is 0 Å². The van der Waals surface area contributed by atoms with Crippen LogP contribution in [-0.2, 0) is 0 Å². The van der Waals surface area contributed by atoms with Crippen LogP contribution >= 0.6 is 0 Å². The minimum atomic E-state index is -1.49. The fourth-order valence-corrected chi connectivity index (χ4v) is 6.39. The van der Waals surface area contributed by atoms with Gasteiger partial charge in [0.1, 0.15) is 8.07 Å². The molecular weight excluding hydrogens is 244 g/mol. The smallest absolute Gasteiger partial charge is 0.0806 e. The van der Waals surface area contributed by atoms with E-state index in [0.29, 0.717) is 0 Å². The largest absolute Gasteiger partial charge is 0.108 e. The molecule has 0 N–H and O–H groups in total. The molecule has 0 radical (unpaired) electrons. The second-order valence-electron chi connectivity index (χ2n) is 6.36. The molecule has 1 heteroatoms. The van der Waals surface area contributed by atoms with Crippen LogP contribution in [0.3, 0.4) is 0 Å². The fraction of sp³-hybridized carbons (Fsp3) is 0.444. The van der Waals surface area contributed by atoms with Gasteiger partial charge in [-0.15, -0.1) is 0 Å². The van der Waals surface area contributed by atoms with Gasteiger partial charge in [0.25, 0.3) is 0 Å². The summed E-state index contributed by atoms with van der Waals surface area (Å²) in [5, 5.41) is 3.34. The lowest BCUT2D eigenvalue weighted by Gasteiger charge is -2.27. The van der Waals surface area contributed by atoms with Crippen molar-refractivity contribution in [2.45, 2.75) is 53.1 Å². The van der Waals surface area contributed by atoms with E-state index in [0.717, 1.165) is 0 Å². The summed E-state index contributed by atoms with van der Waals surface area (Å²) in [6, 6.07) is 7.10. The van der Waals surface area contributed by atoms with Crippen molar-refractivity contribution in [2.75, 3.05) is 0 Å². The van der Waals surface area contributed by atoms with Crippen LogP contribution in [0.25, 0.3) is 0 Å². The molecule has 1 aliphatic rings. The summed E-state index contributed by atoms with van der Waals surface area (Å²) in [4.78, 5) is 0. The summed E-state index contributed by atoms with van der Waals surface area (Å²) in [6.07, 6.45) is 8.41. The van der Waals surface area contributed by atoms with Crippen LogP contribution in [0, 0.1) is 13.8 Å². The third kappa shape index (κ3) is 2.92. The number of aryl methyl sites for hydroxylation is 2. The lowest BCUT2D eigenvalue weighted by atomic mass is 10.2. The maximum absolute atomic E-state index is 2.51. The Kier molecular flexibility index (Phi) is 4.15. The Morgan fingerprint density at radius 1 is 1.05 bits per heavy atom. The zero-order chi connectivity index (χ0) is 14.0. The second-order valence-corrected chi connectivity index (χ2v) is 10.8. The number of benzene rings is 1. The molecule has 0 saturated heterocycles. The van der Waals surface area contributed by atoms with Crippen molar-refractivity contribution in [3.63, 3.8) is 0 Å². The molecule has 0 bridgehead atoms. The van der Waals surface area contributed by atoms with Gasteiger partial charge in [-0.2, -0.15) is 0 Å². The van der Waals surface area contributed by atoms with Gasteiger partial charge in [-0.3, -0.25) is 0 Å². The van der Waals surface area contributed by atoms with Crippen LogP contribution in [0.2, 0.25) is 13.1 Å². The Balaban J connectivity index is 2.44. The van der Waals surface area contributed by atoms with Crippen LogP contribution in [0.5, 0.6) is 0 Å². The van der Waals surface area contributed by atoms with E-state index in [-0.39, 0.29) is 0 Å². The molecule has 19 heavy (non-hydrogen) atoms. The SMILES string of the molecule is CCCC1=C([Si](C)(C)c2cc(C)cc(C)c2)CC=C1. The van der Waals surface area contributed by atoms with Gasteiger partial charge in [-0.05, 0) is 26.7 Å². The highest BCUT2D eigenvalue weighted by molar-refractivity contribution is 6.95. The molecule has 1 aromatic rings. The predicted molar refractivity (Wildman–Crippen MR) is 88.7 cm³/mol. The molecule has 1 aromatic carbocycles. The minimum Gasteiger partial charge on any atom is -0.0806 e. The van der Waals surface area contributed by atoms with E-state index >= 15 is 0 Å². The van der Waals surface area contributed by atoms with Crippen molar-refractivity contribution in [3.05, 3.63) is 52.2 Å². The Labute approximate surface area is 119 Å². The summed E-state index contributed by atoms with van der Waals surface area (Å²) in [6.45, 7) is 11.7. The monoisotopic (exact) mass is 270 g/mol. The molecule has 1 aliphatic carbocycles. The number of hydrogen-bond acceptors (Lipinski definition) is 0. The average molecular weight is 270 g/mol. The van der Waals surface area contributed by atoms with Gasteiger partial charge < -0.3 is 0 Å². The Hall–Kier alpha value is -1.08. The minimum absolute atomic E-state index is 1.18. The Bertz CT molecular complexity index is 512. The van der Waals surface area contributed by atoms with Crippen LogP contribution in [0.4, 0.5) is 0 Å². The van der Waals surface area contributed by atoms with Gasteiger partial charge >= 0.3 is 0 Å². The van der Waals surface area contributed by atoms with E-state index < -0.39 is 8.07 Å². The molecule has 0 nitrogen and oxygen atoms in total. The lowest BCUT2D eigenvalue weighted by molar-refractivity contribution is 0.923. The highest BCUT2D eigenvalue weighted by Crippen LogP contribution is 2.30.